The minimum atomic E-state index is -0.608. The topological polar surface area (TPSA) is 120 Å². The lowest BCUT2D eigenvalue weighted by atomic mass is 10.1. The van der Waals surface area contributed by atoms with Gasteiger partial charge in [0.05, 0.1) is 6.54 Å². The third-order valence-corrected chi connectivity index (χ3v) is 6.72. The number of aromatic nitrogens is 4. The second-order valence-electron chi connectivity index (χ2n) is 11.4. The summed E-state index contributed by atoms with van der Waals surface area (Å²) in [6.45, 7) is 10.5. The SMILES string of the molecule is CC(C)=CCn1c(N2CCC[C@H](NC(=O)OC(C)(C)C)C2)nc2c1c(=O)n(CC(=O)c1ccccc1)c(=O)n2C. The zero-order valence-corrected chi connectivity index (χ0v) is 24.1. The molecule has 1 aromatic carbocycles. The average molecular weight is 551 g/mol. The van der Waals surface area contributed by atoms with Gasteiger partial charge in [0.2, 0.25) is 5.95 Å². The van der Waals surface area contributed by atoms with Crippen molar-refractivity contribution in [1.29, 1.82) is 0 Å². The highest BCUT2D eigenvalue weighted by molar-refractivity contribution is 5.96. The van der Waals surface area contributed by atoms with Gasteiger partial charge in [0.25, 0.3) is 5.56 Å². The zero-order valence-electron chi connectivity index (χ0n) is 24.1. The van der Waals surface area contributed by atoms with Crippen molar-refractivity contribution in [2.24, 2.45) is 7.05 Å². The molecule has 11 nitrogen and oxygen atoms in total. The first-order valence-electron chi connectivity index (χ1n) is 13.5. The van der Waals surface area contributed by atoms with E-state index in [1.165, 1.54) is 4.57 Å². The number of carbonyl (C=O) groups is 2. The van der Waals surface area contributed by atoms with Gasteiger partial charge in [-0.2, -0.15) is 4.98 Å². The van der Waals surface area contributed by atoms with Crippen LogP contribution in [0.15, 0.2) is 51.6 Å². The molecule has 1 aliphatic heterocycles. The number of amides is 1. The lowest BCUT2D eigenvalue weighted by molar-refractivity contribution is 0.0499. The summed E-state index contributed by atoms with van der Waals surface area (Å²) in [5, 5.41) is 2.95. The normalized spacial score (nSPS) is 15.7. The third-order valence-electron chi connectivity index (χ3n) is 6.72. The number of imidazole rings is 1. The number of anilines is 1. The molecular formula is C29H38N6O5. The van der Waals surface area contributed by atoms with Crippen molar-refractivity contribution >= 4 is 29.0 Å². The third kappa shape index (κ3) is 6.35. The van der Waals surface area contributed by atoms with E-state index in [2.05, 4.69) is 5.32 Å². The van der Waals surface area contributed by atoms with Gasteiger partial charge in [-0.25, -0.2) is 9.59 Å². The molecule has 2 aromatic heterocycles. The highest BCUT2D eigenvalue weighted by atomic mass is 16.6. The Balaban J connectivity index is 1.75. The van der Waals surface area contributed by atoms with Gasteiger partial charge in [-0.15, -0.1) is 0 Å². The number of alkyl carbamates (subject to hydrolysis) is 1. The maximum Gasteiger partial charge on any atom is 0.407 e. The lowest BCUT2D eigenvalue weighted by Crippen LogP contribution is -2.49. The molecule has 0 saturated carbocycles. The highest BCUT2D eigenvalue weighted by Gasteiger charge is 2.29. The quantitative estimate of drug-likeness (QED) is 0.354. The second kappa shape index (κ2) is 11.5. The van der Waals surface area contributed by atoms with Crippen molar-refractivity contribution in [3.8, 4) is 0 Å². The van der Waals surface area contributed by atoms with E-state index in [4.69, 9.17) is 9.72 Å². The Morgan fingerprint density at radius 1 is 1.12 bits per heavy atom. The maximum atomic E-state index is 13.8. The molecule has 11 heteroatoms. The molecule has 3 aromatic rings. The predicted octanol–water partition coefficient (Wildman–Crippen LogP) is 3.24. The van der Waals surface area contributed by atoms with Crippen molar-refractivity contribution in [2.75, 3.05) is 18.0 Å². The Morgan fingerprint density at radius 3 is 2.48 bits per heavy atom. The van der Waals surface area contributed by atoms with Gasteiger partial charge < -0.3 is 19.5 Å². The first-order chi connectivity index (χ1) is 18.9. The van der Waals surface area contributed by atoms with E-state index in [0.29, 0.717) is 31.1 Å². The van der Waals surface area contributed by atoms with Gasteiger partial charge in [0.1, 0.15) is 5.60 Å². The monoisotopic (exact) mass is 550 g/mol. The van der Waals surface area contributed by atoms with Crippen LogP contribution in [0.2, 0.25) is 0 Å². The number of ether oxygens (including phenoxy) is 1. The highest BCUT2D eigenvalue weighted by Crippen LogP contribution is 2.24. The summed E-state index contributed by atoms with van der Waals surface area (Å²) < 4.78 is 9.52. The van der Waals surface area contributed by atoms with E-state index < -0.39 is 22.9 Å². The fourth-order valence-electron chi connectivity index (χ4n) is 4.80. The molecule has 0 unspecified atom stereocenters. The Morgan fingerprint density at radius 2 is 1.82 bits per heavy atom. The number of fused-ring (bicyclic) bond motifs is 1. The van der Waals surface area contributed by atoms with E-state index >= 15 is 0 Å². The van der Waals surface area contributed by atoms with Crippen molar-refractivity contribution in [3.05, 3.63) is 68.4 Å². The maximum absolute atomic E-state index is 13.8. The van der Waals surface area contributed by atoms with E-state index in [0.717, 1.165) is 23.0 Å². The van der Waals surface area contributed by atoms with Crippen LogP contribution in [0, 0.1) is 0 Å². The number of aryl methyl sites for hydroxylation is 1. The first kappa shape index (κ1) is 28.8. The van der Waals surface area contributed by atoms with E-state index in [1.54, 1.807) is 41.9 Å². The number of carbonyl (C=O) groups excluding carboxylic acids is 2. The second-order valence-corrected chi connectivity index (χ2v) is 11.4. The van der Waals surface area contributed by atoms with Crippen LogP contribution < -0.4 is 21.5 Å². The Labute approximate surface area is 233 Å². The number of rotatable bonds is 7. The predicted molar refractivity (Wildman–Crippen MR) is 154 cm³/mol. The number of Topliss-reactive ketones (excluding diaryl/α,β-unsaturated/α-hetero) is 1. The summed E-state index contributed by atoms with van der Waals surface area (Å²) in [5.41, 5.74) is 0.193. The molecular weight excluding hydrogens is 512 g/mol. The van der Waals surface area contributed by atoms with Crippen LogP contribution >= 0.6 is 0 Å². The van der Waals surface area contributed by atoms with E-state index in [-0.39, 0.29) is 29.5 Å². The number of hydrogen-bond donors (Lipinski definition) is 1. The standard InChI is InChI=1S/C29H38N6O5/c1-19(2)14-16-34-23-24(31-26(34)33-15-10-13-21(17-33)30-27(38)40-29(3,4)5)32(6)28(39)35(25(23)37)18-22(36)20-11-8-7-9-12-20/h7-9,11-12,14,21H,10,13,15-18H2,1-6H3,(H,30,38)/t21-/m0/s1. The largest absolute Gasteiger partial charge is 0.444 e. The van der Waals surface area contributed by atoms with Gasteiger partial charge in [-0.3, -0.25) is 18.7 Å². The minimum absolute atomic E-state index is 0.177. The van der Waals surface area contributed by atoms with Crippen LogP contribution in [0.25, 0.3) is 11.2 Å². The van der Waals surface area contributed by atoms with Crippen molar-refractivity contribution in [3.63, 3.8) is 0 Å². The molecule has 1 atom stereocenters. The van der Waals surface area contributed by atoms with Crippen molar-refractivity contribution in [2.45, 2.75) is 72.2 Å². The molecule has 0 aliphatic carbocycles. The Kier molecular flexibility index (Phi) is 8.32. The number of piperidine rings is 1. The Bertz CT molecular complexity index is 1550. The van der Waals surface area contributed by atoms with Crippen LogP contribution in [0.4, 0.5) is 10.7 Å². The van der Waals surface area contributed by atoms with Gasteiger partial charge in [0.15, 0.2) is 16.9 Å². The van der Waals surface area contributed by atoms with Gasteiger partial charge >= 0.3 is 11.8 Å². The molecule has 0 spiro atoms. The number of allylic oxidation sites excluding steroid dienone is 2. The smallest absolute Gasteiger partial charge is 0.407 e. The van der Waals surface area contributed by atoms with E-state index in [1.807, 2.05) is 45.6 Å². The van der Waals surface area contributed by atoms with Gasteiger partial charge in [0, 0.05) is 38.3 Å². The first-order valence-corrected chi connectivity index (χ1v) is 13.5. The van der Waals surface area contributed by atoms with Crippen LogP contribution in [0.5, 0.6) is 0 Å². The lowest BCUT2D eigenvalue weighted by Gasteiger charge is -2.34. The number of nitrogens with one attached hydrogen (secondary N) is 1. The van der Waals surface area contributed by atoms with Crippen LogP contribution in [0.3, 0.4) is 0 Å². The fraction of sp³-hybridized carbons (Fsp3) is 0.483. The zero-order chi connectivity index (χ0) is 29.2. The van der Waals surface area contributed by atoms with Gasteiger partial charge in [-0.05, 0) is 47.5 Å². The van der Waals surface area contributed by atoms with Crippen molar-refractivity contribution in [1.82, 2.24) is 24.0 Å². The molecule has 1 saturated heterocycles. The van der Waals surface area contributed by atoms with Crippen LogP contribution in [-0.4, -0.2) is 55.3 Å². The molecule has 1 N–H and O–H groups in total. The minimum Gasteiger partial charge on any atom is -0.444 e. The number of nitrogens with zero attached hydrogens (tertiary/aromatic N) is 5. The summed E-state index contributed by atoms with van der Waals surface area (Å²) in [6.07, 6.45) is 3.07. The molecule has 3 heterocycles. The summed E-state index contributed by atoms with van der Waals surface area (Å²) in [5.74, 6) is 0.198. The summed E-state index contributed by atoms with van der Waals surface area (Å²) >= 11 is 0. The number of hydrogen-bond acceptors (Lipinski definition) is 7. The summed E-state index contributed by atoms with van der Waals surface area (Å²) in [7, 11) is 1.55. The average Bonchev–Trinajstić information content (AvgIpc) is 3.28. The van der Waals surface area contributed by atoms with E-state index in [9.17, 15) is 19.2 Å². The Hall–Kier alpha value is -4.15. The molecule has 4 rings (SSSR count). The molecule has 1 aliphatic rings. The van der Waals surface area contributed by atoms with Gasteiger partial charge in [-0.1, -0.05) is 42.0 Å². The molecule has 40 heavy (non-hydrogen) atoms. The fourth-order valence-corrected chi connectivity index (χ4v) is 4.80. The molecule has 1 fully saturated rings. The molecule has 0 radical (unpaired) electrons. The molecule has 1 amide bonds. The van der Waals surface area contributed by atoms with Crippen molar-refractivity contribution < 1.29 is 14.3 Å². The van der Waals surface area contributed by atoms with Crippen LogP contribution in [0.1, 0.15) is 57.8 Å². The number of benzene rings is 1. The van der Waals surface area contributed by atoms with Crippen LogP contribution in [-0.2, 0) is 24.9 Å². The summed E-state index contributed by atoms with van der Waals surface area (Å²) in [4.78, 5) is 59.2. The number of ketones is 1. The molecule has 214 valence electrons. The summed E-state index contributed by atoms with van der Waals surface area (Å²) in [6, 6.07) is 8.41. The molecule has 0 bridgehead atoms.